The van der Waals surface area contributed by atoms with Crippen LogP contribution in [0.25, 0.3) is 54.9 Å². The zero-order valence-corrected chi connectivity index (χ0v) is 30.0. The molecular weight excluding hydrogens is 657 g/mol. The summed E-state index contributed by atoms with van der Waals surface area (Å²) in [6.07, 6.45) is 0. The Kier molecular flexibility index (Phi) is 8.66. The van der Waals surface area contributed by atoms with Crippen LogP contribution in [0.2, 0.25) is 0 Å². The number of hydrogen-bond donors (Lipinski definition) is 0. The summed E-state index contributed by atoms with van der Waals surface area (Å²) in [7, 11) is -1.96. The molecule has 0 unspecified atom stereocenters. The Labute approximate surface area is 313 Å². The van der Waals surface area contributed by atoms with E-state index in [1.54, 1.807) is 0 Å². The van der Waals surface area contributed by atoms with E-state index >= 15 is 0 Å². The molecule has 0 fully saturated rings. The van der Waals surface area contributed by atoms with E-state index in [2.05, 4.69) is 230 Å². The molecule has 0 nitrogen and oxygen atoms in total. The lowest BCUT2D eigenvalue weighted by Gasteiger charge is -2.36. The number of benzene rings is 9. The highest BCUT2D eigenvalue weighted by Gasteiger charge is 2.29. The smallest absolute Gasteiger partial charge is 0.0411 e. The highest BCUT2D eigenvalue weighted by molar-refractivity contribution is 8.37. The van der Waals surface area contributed by atoms with Crippen LogP contribution in [-0.2, 0) is 0 Å². The van der Waals surface area contributed by atoms with Gasteiger partial charge in [-0.25, -0.2) is 0 Å². The summed E-state index contributed by atoms with van der Waals surface area (Å²) < 4.78 is 0. The second-order valence-corrected chi connectivity index (χ2v) is 16.0. The molecule has 9 aromatic rings. The van der Waals surface area contributed by atoms with Gasteiger partial charge >= 0.3 is 0 Å². The van der Waals surface area contributed by atoms with E-state index in [4.69, 9.17) is 0 Å². The molecule has 0 aliphatic rings. The van der Waals surface area contributed by atoms with Crippen LogP contribution in [0.5, 0.6) is 0 Å². The van der Waals surface area contributed by atoms with Crippen LogP contribution in [0, 0.1) is 11.2 Å². The van der Waals surface area contributed by atoms with Gasteiger partial charge in [0.1, 0.15) is 0 Å². The fraction of sp³-hybridized carbons (Fsp3) is 0. The first-order chi connectivity index (χ1) is 26.3. The molecule has 0 aliphatic heterocycles. The lowest BCUT2D eigenvalue weighted by Crippen LogP contribution is -2.01. The van der Waals surface area contributed by atoms with Gasteiger partial charge in [-0.2, -0.15) is 0 Å². The molecule has 0 amide bonds. The van der Waals surface area contributed by atoms with Gasteiger partial charge in [-0.3, -0.25) is 0 Å². The maximum atomic E-state index is 4.04. The molecule has 0 heterocycles. The average molecular weight is 693 g/mol. The quantitative estimate of drug-likeness (QED) is 0.120. The summed E-state index contributed by atoms with van der Waals surface area (Å²) >= 11 is 0. The zero-order chi connectivity index (χ0) is 35.5. The van der Waals surface area contributed by atoms with Crippen molar-refractivity contribution in [2.24, 2.45) is 0 Å². The molecule has 0 saturated carbocycles. The molecule has 53 heavy (non-hydrogen) atoms. The third kappa shape index (κ3) is 6.00. The van der Waals surface area contributed by atoms with Gasteiger partial charge in [0.25, 0.3) is 0 Å². The van der Waals surface area contributed by atoms with Crippen molar-refractivity contribution in [2.75, 3.05) is 0 Å². The fourth-order valence-electron chi connectivity index (χ4n) is 7.53. The van der Waals surface area contributed by atoms with E-state index in [-0.39, 0.29) is 0 Å². The van der Waals surface area contributed by atoms with Crippen molar-refractivity contribution in [3.63, 3.8) is 0 Å². The summed E-state index contributed by atoms with van der Waals surface area (Å²) in [5.74, 6) is 3.91. The molecule has 9 rings (SSSR count). The van der Waals surface area contributed by atoms with Crippen molar-refractivity contribution in [1.29, 1.82) is 0 Å². The number of fused-ring (bicyclic) bond motifs is 2. The topological polar surface area (TPSA) is 0 Å². The lowest BCUT2D eigenvalue weighted by molar-refractivity contribution is 1.31. The van der Waals surface area contributed by atoms with Gasteiger partial charge in [-0.1, -0.05) is 180 Å². The second-order valence-electron chi connectivity index (χ2n) is 13.2. The predicted molar refractivity (Wildman–Crippen MR) is 226 cm³/mol. The molecular formula is C52H36S. The largest absolute Gasteiger partial charge is 0.0949 e. The number of rotatable bonds is 6. The summed E-state index contributed by atoms with van der Waals surface area (Å²) in [6, 6.07) is 78.6. The van der Waals surface area contributed by atoms with E-state index in [1.165, 1.54) is 58.8 Å². The second kappa shape index (κ2) is 14.2. The Balaban J connectivity index is 1.35. The molecule has 1 heteroatoms. The summed E-state index contributed by atoms with van der Waals surface area (Å²) in [5, 5.41) is 8.73. The highest BCUT2D eigenvalue weighted by atomic mass is 32.3. The first-order valence-electron chi connectivity index (χ1n) is 18.0. The molecule has 0 atom stereocenters. The van der Waals surface area contributed by atoms with Crippen LogP contribution in [0.1, 0.15) is 5.56 Å². The lowest BCUT2D eigenvalue weighted by atomic mass is 9.86. The Morgan fingerprint density at radius 2 is 0.604 bits per heavy atom. The predicted octanol–water partition coefficient (Wildman–Crippen LogP) is 14.3. The monoisotopic (exact) mass is 692 g/mol. The molecule has 0 aliphatic carbocycles. The molecule has 0 saturated heterocycles. The molecule has 0 radical (unpaired) electrons. The van der Waals surface area contributed by atoms with Crippen molar-refractivity contribution in [2.45, 2.75) is 14.7 Å². The minimum absolute atomic E-state index is 1.06. The van der Waals surface area contributed by atoms with E-state index < -0.39 is 10.0 Å². The van der Waals surface area contributed by atoms with Gasteiger partial charge in [0, 0.05) is 20.2 Å². The van der Waals surface area contributed by atoms with Gasteiger partial charge in [-0.05, 0) is 115 Å². The highest BCUT2D eigenvalue weighted by Crippen LogP contribution is 2.67. The first kappa shape index (κ1) is 32.3. The van der Waals surface area contributed by atoms with E-state index in [1.807, 2.05) is 0 Å². The fourth-order valence-corrected chi connectivity index (χ4v) is 10.6. The van der Waals surface area contributed by atoms with Crippen LogP contribution in [-0.4, -0.2) is 0 Å². The summed E-state index contributed by atoms with van der Waals surface area (Å²) in [4.78, 5) is 3.67. The van der Waals surface area contributed by atoms with Crippen LogP contribution < -0.4 is 0 Å². The van der Waals surface area contributed by atoms with Gasteiger partial charge in [0.2, 0.25) is 0 Å². The van der Waals surface area contributed by atoms with E-state index in [0.29, 0.717) is 0 Å². The van der Waals surface area contributed by atoms with Crippen LogP contribution in [0.15, 0.2) is 233 Å². The van der Waals surface area contributed by atoms with Crippen molar-refractivity contribution in [1.82, 2.24) is 0 Å². The van der Waals surface area contributed by atoms with Crippen LogP contribution >= 0.6 is 10.0 Å². The molecule has 250 valence electrons. The Hall–Kier alpha value is -6.59. The first-order valence-corrected chi connectivity index (χ1v) is 19.6. The van der Waals surface area contributed by atoms with Crippen molar-refractivity contribution in [3.05, 3.63) is 224 Å². The van der Waals surface area contributed by atoms with Gasteiger partial charge in [0.15, 0.2) is 0 Å². The van der Waals surface area contributed by atoms with Gasteiger partial charge in [0.05, 0.1) is 0 Å². The molecule has 0 bridgehead atoms. The zero-order valence-electron chi connectivity index (χ0n) is 29.2. The summed E-state index contributed by atoms with van der Waals surface area (Å²) in [5.41, 5.74) is 8.26. The van der Waals surface area contributed by atoms with Crippen molar-refractivity contribution >= 4 is 31.6 Å². The van der Waals surface area contributed by atoms with Crippen LogP contribution in [0.4, 0.5) is 0 Å². The molecule has 9 aromatic carbocycles. The maximum Gasteiger partial charge on any atom is 0.0411 e. The van der Waals surface area contributed by atoms with Crippen molar-refractivity contribution in [3.8, 4) is 44.6 Å². The van der Waals surface area contributed by atoms with E-state index in [0.717, 1.165) is 16.3 Å². The molecule has 0 N–H and O–H groups in total. The van der Waals surface area contributed by atoms with E-state index in [9.17, 15) is 0 Å². The van der Waals surface area contributed by atoms with Gasteiger partial charge < -0.3 is 0 Å². The SMILES string of the molecule is C(#CS(c1ccccc1)(c1ccccc1)c1ccccc1)c1c2ccccc2c(-c2cc(-c3ccccc3)cc(-c3ccccc3)c2)c2ccccc12. The third-order valence-electron chi connectivity index (χ3n) is 9.99. The average Bonchev–Trinajstić information content (AvgIpc) is 3.25. The maximum absolute atomic E-state index is 4.04. The molecule has 0 aromatic heterocycles. The Bertz CT molecular complexity index is 2530. The summed E-state index contributed by atoms with van der Waals surface area (Å²) in [6.45, 7) is 0. The molecule has 0 spiro atoms. The normalized spacial score (nSPS) is 11.5. The van der Waals surface area contributed by atoms with Gasteiger partial charge in [-0.15, -0.1) is 0 Å². The Morgan fingerprint density at radius 1 is 0.283 bits per heavy atom. The minimum atomic E-state index is -1.96. The van der Waals surface area contributed by atoms with Crippen molar-refractivity contribution < 1.29 is 0 Å². The number of hydrogen-bond acceptors (Lipinski definition) is 0. The minimum Gasteiger partial charge on any atom is -0.0949 e. The third-order valence-corrected chi connectivity index (χ3v) is 13.3. The van der Waals surface area contributed by atoms with Crippen LogP contribution in [0.3, 0.4) is 0 Å². The standard InChI is InChI=1S/C52H36S/c1-6-20-39(21-7-1)41-36-42(40-22-8-2-9-23-40)38-43(37-41)52-50-32-18-16-30-47(50)49(48-31-17-19-33-51(48)52)34-35-53(44-24-10-3-11-25-44,45-26-12-4-13-27-45)46-28-14-5-15-29-46/h1-33,36-38H. The Morgan fingerprint density at radius 3 is 1.00 bits per heavy atom.